The van der Waals surface area contributed by atoms with Gasteiger partial charge in [0.2, 0.25) is 0 Å². The van der Waals surface area contributed by atoms with Crippen molar-refractivity contribution >= 4 is 51.7 Å². The van der Waals surface area contributed by atoms with Crippen molar-refractivity contribution in [2.75, 3.05) is 25.2 Å². The zero-order valence-electron chi connectivity index (χ0n) is 15.4. The van der Waals surface area contributed by atoms with E-state index < -0.39 is 11.9 Å². The van der Waals surface area contributed by atoms with Gasteiger partial charge in [-0.15, -0.1) is 23.1 Å². The second-order valence-corrected chi connectivity index (χ2v) is 8.02. The lowest BCUT2D eigenvalue weighted by atomic mass is 10.0. The molecule has 2 aliphatic heterocycles. The number of allylic oxidation sites excluding steroid dienone is 1. The average Bonchev–Trinajstić information content (AvgIpc) is 3.08. The van der Waals surface area contributed by atoms with E-state index in [1.54, 1.807) is 17.2 Å². The number of hydrogen-bond acceptors (Lipinski definition) is 10. The van der Waals surface area contributed by atoms with Crippen LogP contribution in [-0.2, 0) is 24.0 Å². The van der Waals surface area contributed by atoms with Gasteiger partial charge in [-0.25, -0.2) is 4.98 Å². The maximum atomic E-state index is 12.6. The topological polar surface area (TPSA) is 136 Å². The minimum atomic E-state index is -0.694. The van der Waals surface area contributed by atoms with Crippen LogP contribution in [0.3, 0.4) is 0 Å². The van der Waals surface area contributed by atoms with Gasteiger partial charge in [0.25, 0.3) is 11.8 Å². The number of rotatable bonds is 6. The van der Waals surface area contributed by atoms with Crippen LogP contribution >= 0.6 is 23.1 Å². The highest BCUT2D eigenvalue weighted by Gasteiger charge is 2.52. The maximum Gasteiger partial charge on any atom is 0.302 e. The lowest BCUT2D eigenvalue weighted by molar-refractivity contribution is -0.145. The molecule has 3 heterocycles. The Bertz CT molecular complexity index is 881. The summed E-state index contributed by atoms with van der Waals surface area (Å²) >= 11 is 2.66. The summed E-state index contributed by atoms with van der Waals surface area (Å²) in [5.74, 6) is -0.585. The third kappa shape index (κ3) is 3.83. The Labute approximate surface area is 169 Å². The van der Waals surface area contributed by atoms with E-state index in [1.807, 2.05) is 0 Å². The Hall–Kier alpha value is -2.60. The summed E-state index contributed by atoms with van der Waals surface area (Å²) < 4.78 is 5.03. The molecule has 1 aromatic rings. The number of carbonyl (C=O) groups is 3. The highest BCUT2D eigenvalue weighted by molar-refractivity contribution is 8.00. The number of nitrogens with zero attached hydrogens (tertiary/aromatic N) is 3. The van der Waals surface area contributed by atoms with Crippen LogP contribution in [-0.4, -0.2) is 64.3 Å². The molecule has 28 heavy (non-hydrogen) atoms. The van der Waals surface area contributed by atoms with E-state index in [4.69, 9.17) is 15.3 Å². The van der Waals surface area contributed by atoms with Crippen LogP contribution in [0.2, 0.25) is 0 Å². The number of nitrogen functional groups attached to an aromatic ring is 1. The number of thioether (sulfide) groups is 1. The molecule has 0 bridgehead atoms. The molecule has 12 heteroatoms. The fraction of sp³-hybridized carbons (Fsp3) is 0.438. The molecule has 1 aromatic heterocycles. The molecular weight excluding hydrogens is 406 g/mol. The van der Waals surface area contributed by atoms with Gasteiger partial charge in [0, 0.05) is 23.8 Å². The van der Waals surface area contributed by atoms with Crippen LogP contribution < -0.4 is 11.1 Å². The molecule has 1 fully saturated rings. The molecule has 2 amide bonds. The van der Waals surface area contributed by atoms with Crippen LogP contribution in [0, 0.1) is 0 Å². The molecule has 2 aliphatic rings. The summed E-state index contributed by atoms with van der Waals surface area (Å²) in [7, 11) is 1.31. The van der Waals surface area contributed by atoms with Crippen molar-refractivity contribution in [2.45, 2.75) is 25.3 Å². The van der Waals surface area contributed by atoms with E-state index in [-0.39, 0.29) is 35.3 Å². The monoisotopic (exact) mass is 425 g/mol. The number of oxime groups is 1. The van der Waals surface area contributed by atoms with Gasteiger partial charge in [0.05, 0.1) is 0 Å². The largest absolute Gasteiger partial charge is 0.461 e. The zero-order valence-corrected chi connectivity index (χ0v) is 17.1. The molecule has 3 rings (SSSR count). The summed E-state index contributed by atoms with van der Waals surface area (Å²) in [5.41, 5.74) is 7.46. The summed E-state index contributed by atoms with van der Waals surface area (Å²) in [5, 5.41) is 8.06. The predicted molar refractivity (Wildman–Crippen MR) is 104 cm³/mol. The maximum absolute atomic E-state index is 12.6. The Morgan fingerprint density at radius 2 is 2.25 bits per heavy atom. The van der Waals surface area contributed by atoms with Crippen LogP contribution in [0.15, 0.2) is 21.8 Å². The molecule has 2 atom stereocenters. The van der Waals surface area contributed by atoms with E-state index in [1.165, 1.54) is 37.1 Å². The zero-order chi connectivity index (χ0) is 20.4. The van der Waals surface area contributed by atoms with Gasteiger partial charge in [-0.2, -0.15) is 0 Å². The van der Waals surface area contributed by atoms with E-state index >= 15 is 0 Å². The highest BCUT2D eigenvalue weighted by atomic mass is 32.2. The van der Waals surface area contributed by atoms with Gasteiger partial charge >= 0.3 is 5.97 Å². The Morgan fingerprint density at radius 3 is 2.86 bits per heavy atom. The first-order chi connectivity index (χ1) is 13.3. The van der Waals surface area contributed by atoms with Crippen molar-refractivity contribution < 1.29 is 24.0 Å². The summed E-state index contributed by atoms with van der Waals surface area (Å²) in [6.45, 7) is 3.29. The van der Waals surface area contributed by atoms with Crippen molar-refractivity contribution in [1.29, 1.82) is 0 Å². The van der Waals surface area contributed by atoms with E-state index in [0.717, 1.165) is 11.3 Å². The number of anilines is 1. The second-order valence-electron chi connectivity index (χ2n) is 6.02. The molecular formula is C16H19N5O5S2. The van der Waals surface area contributed by atoms with Crippen LogP contribution in [0.25, 0.3) is 0 Å². The number of carbonyl (C=O) groups excluding carboxylic acids is 3. The van der Waals surface area contributed by atoms with Crippen LogP contribution in [0.4, 0.5) is 5.13 Å². The standard InChI is InChI=1S/C16H19N5O5S2/c1-7-9(4-26-8(2)22)5-27-15-12(14(24)21(7)15)19-13(23)11(20-25-3)10-6-28-16(17)18-10/h6,12,15H,4-5H2,1-3H3,(H2,17,18)(H,19,23)/t12-,15-/m1/s1. The smallest absolute Gasteiger partial charge is 0.302 e. The van der Waals surface area contributed by atoms with Gasteiger partial charge in [0.15, 0.2) is 10.8 Å². The summed E-state index contributed by atoms with van der Waals surface area (Å²) in [6, 6.07) is -0.694. The lowest BCUT2D eigenvalue weighted by Gasteiger charge is -2.50. The number of hydrogen-bond donors (Lipinski definition) is 2. The first-order valence-corrected chi connectivity index (χ1v) is 10.2. The van der Waals surface area contributed by atoms with Crippen molar-refractivity contribution in [3.8, 4) is 0 Å². The van der Waals surface area contributed by atoms with Gasteiger partial charge in [-0.3, -0.25) is 19.3 Å². The number of amides is 2. The first kappa shape index (κ1) is 20.1. The Morgan fingerprint density at radius 1 is 1.50 bits per heavy atom. The molecule has 3 N–H and O–H groups in total. The number of nitrogens with one attached hydrogen (secondary N) is 1. The van der Waals surface area contributed by atoms with E-state index in [9.17, 15) is 14.4 Å². The normalized spacial score (nSPS) is 21.8. The van der Waals surface area contributed by atoms with Crippen LogP contribution in [0.5, 0.6) is 0 Å². The number of nitrogens with two attached hydrogens (primary N) is 1. The molecule has 1 saturated heterocycles. The van der Waals surface area contributed by atoms with Crippen molar-refractivity contribution in [3.05, 3.63) is 22.3 Å². The van der Waals surface area contributed by atoms with Gasteiger partial charge in [0.1, 0.15) is 30.8 Å². The molecule has 0 aliphatic carbocycles. The van der Waals surface area contributed by atoms with Crippen molar-refractivity contribution in [1.82, 2.24) is 15.2 Å². The Balaban J connectivity index is 1.70. The summed E-state index contributed by atoms with van der Waals surface area (Å²) in [6.07, 6.45) is 0. The van der Waals surface area contributed by atoms with Gasteiger partial charge in [-0.05, 0) is 12.5 Å². The second kappa shape index (κ2) is 8.19. The molecule has 0 spiro atoms. The van der Waals surface area contributed by atoms with E-state index in [0.29, 0.717) is 10.9 Å². The molecule has 0 radical (unpaired) electrons. The molecule has 150 valence electrons. The fourth-order valence-electron chi connectivity index (χ4n) is 2.82. The molecule has 10 nitrogen and oxygen atoms in total. The SMILES string of the molecule is CON=C(C(=O)N[C@@H]1C(=O)N2C(C)=C(COC(C)=O)CS[C@H]12)c1csc(N)n1. The number of aromatic nitrogens is 1. The average molecular weight is 425 g/mol. The van der Waals surface area contributed by atoms with E-state index in [2.05, 4.69) is 15.5 Å². The number of esters is 1. The van der Waals surface area contributed by atoms with Gasteiger partial charge in [-0.1, -0.05) is 5.16 Å². The van der Waals surface area contributed by atoms with Crippen molar-refractivity contribution in [3.63, 3.8) is 0 Å². The molecule has 0 unspecified atom stereocenters. The van der Waals surface area contributed by atoms with Crippen LogP contribution in [0.1, 0.15) is 19.5 Å². The highest BCUT2D eigenvalue weighted by Crippen LogP contribution is 2.40. The number of β-lactam (4-membered cyclic amide) rings is 1. The molecule has 0 aromatic carbocycles. The third-order valence-electron chi connectivity index (χ3n) is 4.24. The summed E-state index contributed by atoms with van der Waals surface area (Å²) in [4.78, 5) is 46.6. The number of thiazole rings is 1. The number of fused-ring (bicyclic) bond motifs is 1. The lowest BCUT2D eigenvalue weighted by Crippen LogP contribution is -2.70. The van der Waals surface area contributed by atoms with Crippen molar-refractivity contribution in [2.24, 2.45) is 5.16 Å². The predicted octanol–water partition coefficient (Wildman–Crippen LogP) is 0.313. The quantitative estimate of drug-likeness (QED) is 0.288. The minimum Gasteiger partial charge on any atom is -0.461 e. The Kier molecular flexibility index (Phi) is 5.89. The fourth-order valence-corrected chi connectivity index (χ4v) is 4.82. The first-order valence-electron chi connectivity index (χ1n) is 8.23. The number of ether oxygens (including phenoxy) is 1. The molecule has 0 saturated carbocycles. The minimum absolute atomic E-state index is 0.0506. The van der Waals surface area contributed by atoms with Gasteiger partial charge < -0.3 is 20.6 Å². The third-order valence-corrected chi connectivity index (χ3v) is 6.26.